The molecule has 1 aliphatic rings. The predicted octanol–water partition coefficient (Wildman–Crippen LogP) is 2.53. The highest BCUT2D eigenvalue weighted by Gasteiger charge is 2.23. The Bertz CT molecular complexity index is 552. The molecule has 2 aromatic rings. The van der Waals surface area contributed by atoms with E-state index >= 15 is 0 Å². The summed E-state index contributed by atoms with van der Waals surface area (Å²) >= 11 is 0. The van der Waals surface area contributed by atoms with Gasteiger partial charge in [-0.2, -0.15) is 0 Å². The quantitative estimate of drug-likeness (QED) is 0.912. The van der Waals surface area contributed by atoms with Gasteiger partial charge in [-0.15, -0.1) is 0 Å². The van der Waals surface area contributed by atoms with Gasteiger partial charge in [0.05, 0.1) is 0 Å². The second-order valence-corrected chi connectivity index (χ2v) is 5.42. The maximum atomic E-state index is 3.44. The zero-order chi connectivity index (χ0) is 13.2. The Morgan fingerprint density at radius 3 is 2.68 bits per heavy atom. The Kier molecular flexibility index (Phi) is 3.58. The van der Waals surface area contributed by atoms with Crippen LogP contribution in [0.25, 0.3) is 10.9 Å². The standard InChI is InChI=1S/C16H23N3/c1-3-15(19-10-8-17-9-11-19)14-12-18(2)16-7-5-4-6-13(14)16/h4-7,12,15,17H,3,8-11H2,1-2H3/t15-/m1/s1. The molecule has 19 heavy (non-hydrogen) atoms. The molecule has 1 aromatic carbocycles. The second-order valence-electron chi connectivity index (χ2n) is 5.42. The van der Waals surface area contributed by atoms with E-state index in [0.29, 0.717) is 6.04 Å². The maximum Gasteiger partial charge on any atom is 0.0481 e. The molecule has 0 bridgehead atoms. The van der Waals surface area contributed by atoms with Crippen molar-refractivity contribution in [3.05, 3.63) is 36.0 Å². The number of piperazine rings is 1. The Morgan fingerprint density at radius 1 is 1.21 bits per heavy atom. The van der Waals surface area contributed by atoms with Crippen molar-refractivity contribution in [1.82, 2.24) is 14.8 Å². The zero-order valence-corrected chi connectivity index (χ0v) is 11.9. The number of nitrogens with zero attached hydrogens (tertiary/aromatic N) is 2. The van der Waals surface area contributed by atoms with Gasteiger partial charge in [-0.25, -0.2) is 0 Å². The van der Waals surface area contributed by atoms with Crippen LogP contribution in [0.3, 0.4) is 0 Å². The number of fused-ring (bicyclic) bond motifs is 1. The van der Waals surface area contributed by atoms with E-state index in [-0.39, 0.29) is 0 Å². The molecule has 1 aliphatic heterocycles. The van der Waals surface area contributed by atoms with Crippen molar-refractivity contribution in [3.63, 3.8) is 0 Å². The van der Waals surface area contributed by atoms with E-state index in [1.165, 1.54) is 22.9 Å². The zero-order valence-electron chi connectivity index (χ0n) is 11.9. The van der Waals surface area contributed by atoms with Crippen molar-refractivity contribution in [2.24, 2.45) is 7.05 Å². The van der Waals surface area contributed by atoms with E-state index in [1.54, 1.807) is 0 Å². The molecule has 1 fully saturated rings. The van der Waals surface area contributed by atoms with Gasteiger partial charge in [0.15, 0.2) is 0 Å². The molecule has 0 spiro atoms. The predicted molar refractivity (Wildman–Crippen MR) is 80.4 cm³/mol. The average Bonchev–Trinajstić information content (AvgIpc) is 2.79. The molecule has 1 atom stereocenters. The highest BCUT2D eigenvalue weighted by molar-refractivity contribution is 5.84. The van der Waals surface area contributed by atoms with Crippen molar-refractivity contribution in [2.75, 3.05) is 26.2 Å². The lowest BCUT2D eigenvalue weighted by Gasteiger charge is -2.34. The highest BCUT2D eigenvalue weighted by atomic mass is 15.2. The summed E-state index contributed by atoms with van der Waals surface area (Å²) in [5, 5.41) is 4.85. The van der Waals surface area contributed by atoms with E-state index in [0.717, 1.165) is 26.2 Å². The number of aryl methyl sites for hydroxylation is 1. The molecule has 3 rings (SSSR count). The van der Waals surface area contributed by atoms with Crippen LogP contribution < -0.4 is 5.32 Å². The van der Waals surface area contributed by atoms with Gasteiger partial charge in [-0.1, -0.05) is 25.1 Å². The fraction of sp³-hybridized carbons (Fsp3) is 0.500. The summed E-state index contributed by atoms with van der Waals surface area (Å²) in [6.07, 6.45) is 3.49. The van der Waals surface area contributed by atoms with Crippen molar-refractivity contribution in [3.8, 4) is 0 Å². The monoisotopic (exact) mass is 257 g/mol. The van der Waals surface area contributed by atoms with Gasteiger partial charge >= 0.3 is 0 Å². The van der Waals surface area contributed by atoms with Crippen molar-refractivity contribution in [2.45, 2.75) is 19.4 Å². The summed E-state index contributed by atoms with van der Waals surface area (Å²) in [6, 6.07) is 9.29. The second kappa shape index (κ2) is 5.35. The fourth-order valence-corrected chi connectivity index (χ4v) is 3.31. The van der Waals surface area contributed by atoms with Gasteiger partial charge in [0, 0.05) is 56.4 Å². The Morgan fingerprint density at radius 2 is 1.95 bits per heavy atom. The van der Waals surface area contributed by atoms with E-state index in [1.807, 2.05) is 0 Å². The van der Waals surface area contributed by atoms with Gasteiger partial charge in [0.25, 0.3) is 0 Å². The van der Waals surface area contributed by atoms with E-state index in [4.69, 9.17) is 0 Å². The SMILES string of the molecule is CC[C@H](c1cn(C)c2ccccc12)N1CCNCC1. The molecule has 0 amide bonds. The molecule has 1 saturated heterocycles. The molecule has 1 N–H and O–H groups in total. The number of benzene rings is 1. The molecular weight excluding hydrogens is 234 g/mol. The van der Waals surface area contributed by atoms with Crippen LogP contribution in [0, 0.1) is 0 Å². The van der Waals surface area contributed by atoms with Crippen LogP contribution in [-0.4, -0.2) is 35.6 Å². The molecule has 0 aliphatic carbocycles. The summed E-state index contributed by atoms with van der Waals surface area (Å²) < 4.78 is 2.26. The fourth-order valence-electron chi connectivity index (χ4n) is 3.31. The number of hydrogen-bond donors (Lipinski definition) is 1. The number of aromatic nitrogens is 1. The van der Waals surface area contributed by atoms with Crippen molar-refractivity contribution >= 4 is 10.9 Å². The Labute approximate surface area is 115 Å². The lowest BCUT2D eigenvalue weighted by atomic mass is 10.0. The summed E-state index contributed by atoms with van der Waals surface area (Å²) in [5.74, 6) is 0. The highest BCUT2D eigenvalue weighted by Crippen LogP contribution is 2.31. The summed E-state index contributed by atoms with van der Waals surface area (Å²) in [5.41, 5.74) is 2.83. The lowest BCUT2D eigenvalue weighted by molar-refractivity contribution is 0.170. The normalized spacial score (nSPS) is 18.8. The molecule has 3 heteroatoms. The number of rotatable bonds is 3. The van der Waals surface area contributed by atoms with Crippen molar-refractivity contribution < 1.29 is 0 Å². The Hall–Kier alpha value is -1.32. The summed E-state index contributed by atoms with van der Waals surface area (Å²) in [4.78, 5) is 2.62. The van der Waals surface area contributed by atoms with Crippen molar-refractivity contribution in [1.29, 1.82) is 0 Å². The summed E-state index contributed by atoms with van der Waals surface area (Å²) in [6.45, 7) is 6.83. The molecule has 3 nitrogen and oxygen atoms in total. The third kappa shape index (κ3) is 2.28. The van der Waals surface area contributed by atoms with Crippen LogP contribution in [-0.2, 0) is 7.05 Å². The van der Waals surface area contributed by atoms with Gasteiger partial charge in [0.1, 0.15) is 0 Å². The first-order chi connectivity index (χ1) is 9.31. The van der Waals surface area contributed by atoms with Gasteiger partial charge in [-0.3, -0.25) is 4.90 Å². The largest absolute Gasteiger partial charge is 0.350 e. The minimum absolute atomic E-state index is 0.549. The molecular formula is C16H23N3. The third-order valence-corrected chi connectivity index (χ3v) is 4.27. The summed E-state index contributed by atoms with van der Waals surface area (Å²) in [7, 11) is 2.15. The molecule has 2 heterocycles. The Balaban J connectivity index is 2.01. The number of hydrogen-bond acceptors (Lipinski definition) is 2. The van der Waals surface area contributed by atoms with Crippen LogP contribution in [0.2, 0.25) is 0 Å². The van der Waals surface area contributed by atoms with Crippen LogP contribution >= 0.6 is 0 Å². The maximum absolute atomic E-state index is 3.44. The van der Waals surface area contributed by atoms with E-state index in [9.17, 15) is 0 Å². The van der Waals surface area contributed by atoms with Crippen LogP contribution in [0.15, 0.2) is 30.5 Å². The number of nitrogens with one attached hydrogen (secondary N) is 1. The first-order valence-electron chi connectivity index (χ1n) is 7.30. The minimum Gasteiger partial charge on any atom is -0.350 e. The molecule has 102 valence electrons. The van der Waals surface area contributed by atoms with Crippen LogP contribution in [0.5, 0.6) is 0 Å². The molecule has 0 radical (unpaired) electrons. The average molecular weight is 257 g/mol. The van der Waals surface area contributed by atoms with Crippen LogP contribution in [0.1, 0.15) is 24.9 Å². The number of para-hydroxylation sites is 1. The van der Waals surface area contributed by atoms with E-state index < -0.39 is 0 Å². The first-order valence-corrected chi connectivity index (χ1v) is 7.30. The van der Waals surface area contributed by atoms with Gasteiger partial charge in [0.2, 0.25) is 0 Å². The van der Waals surface area contributed by atoms with Gasteiger partial charge < -0.3 is 9.88 Å². The lowest BCUT2D eigenvalue weighted by Crippen LogP contribution is -2.45. The third-order valence-electron chi connectivity index (χ3n) is 4.27. The molecule has 0 unspecified atom stereocenters. The smallest absolute Gasteiger partial charge is 0.0481 e. The van der Waals surface area contributed by atoms with Gasteiger partial charge in [-0.05, 0) is 18.1 Å². The molecule has 0 saturated carbocycles. The minimum atomic E-state index is 0.549. The van der Waals surface area contributed by atoms with E-state index in [2.05, 4.69) is 59.2 Å². The molecule has 1 aromatic heterocycles. The topological polar surface area (TPSA) is 20.2 Å². The first kappa shape index (κ1) is 12.7. The van der Waals surface area contributed by atoms with Crippen LogP contribution in [0.4, 0.5) is 0 Å².